The predicted octanol–water partition coefficient (Wildman–Crippen LogP) is 3.88. The topological polar surface area (TPSA) is 80.5 Å². The van der Waals surface area contributed by atoms with Crippen LogP contribution in [0, 0.1) is 13.8 Å². The van der Waals surface area contributed by atoms with E-state index in [4.69, 9.17) is 9.15 Å². The number of hydrogen-bond acceptors (Lipinski definition) is 7. The number of nitrogens with one attached hydrogen (secondary N) is 1. The number of aromatic nitrogens is 2. The summed E-state index contributed by atoms with van der Waals surface area (Å²) in [7, 11) is 0. The van der Waals surface area contributed by atoms with Crippen LogP contribution in [-0.2, 0) is 11.2 Å². The molecule has 1 aromatic carbocycles. The second-order valence-electron chi connectivity index (χ2n) is 7.20. The molecule has 1 aliphatic rings. The fraction of sp³-hybridized carbons (Fsp3) is 0.409. The lowest BCUT2D eigenvalue weighted by molar-refractivity contribution is 0.0526. The van der Waals surface area contributed by atoms with Crippen LogP contribution >= 0.6 is 0 Å². The molecule has 0 spiro atoms. The number of nitrogens with zero attached hydrogens (tertiary/aromatic N) is 3. The van der Waals surface area contributed by atoms with Crippen molar-refractivity contribution in [2.45, 2.75) is 33.6 Å². The Balaban J connectivity index is 1.58. The van der Waals surface area contributed by atoms with Crippen LogP contribution in [0.1, 0.15) is 40.9 Å². The first-order valence-electron chi connectivity index (χ1n) is 10.1. The molecule has 0 atom stereocenters. The average molecular weight is 394 g/mol. The lowest BCUT2D eigenvalue weighted by atomic mass is 10.0. The maximum Gasteiger partial charge on any atom is 0.342 e. The number of aryl methyl sites for hydroxylation is 3. The van der Waals surface area contributed by atoms with Gasteiger partial charge in [-0.1, -0.05) is 18.2 Å². The van der Waals surface area contributed by atoms with Crippen molar-refractivity contribution in [3.63, 3.8) is 0 Å². The maximum atomic E-state index is 12.5. The molecule has 29 heavy (non-hydrogen) atoms. The lowest BCUT2D eigenvalue weighted by Gasteiger charge is -2.31. The van der Waals surface area contributed by atoms with Crippen molar-refractivity contribution in [1.29, 1.82) is 0 Å². The fourth-order valence-corrected chi connectivity index (χ4v) is 3.95. The van der Waals surface area contributed by atoms with Crippen molar-refractivity contribution in [1.82, 2.24) is 9.97 Å². The monoisotopic (exact) mass is 394 g/mol. The van der Waals surface area contributed by atoms with Crippen LogP contribution < -0.4 is 10.2 Å². The van der Waals surface area contributed by atoms with Crippen LogP contribution in [0.2, 0.25) is 0 Å². The maximum absolute atomic E-state index is 12.5. The number of ether oxygens (including phenoxy) is 1. The summed E-state index contributed by atoms with van der Waals surface area (Å²) in [5.74, 6) is 1.28. The Morgan fingerprint density at radius 2 is 2.10 bits per heavy atom. The molecule has 1 aliphatic heterocycles. The summed E-state index contributed by atoms with van der Waals surface area (Å²) in [6.45, 7) is 8.21. The van der Waals surface area contributed by atoms with Gasteiger partial charge in [0.1, 0.15) is 23.0 Å². The Morgan fingerprint density at radius 3 is 2.93 bits per heavy atom. The molecule has 0 bridgehead atoms. The zero-order valence-electron chi connectivity index (χ0n) is 17.1. The summed E-state index contributed by atoms with van der Waals surface area (Å²) in [5, 5.41) is 3.99. The lowest BCUT2D eigenvalue weighted by Crippen LogP contribution is -2.33. The highest BCUT2D eigenvalue weighted by molar-refractivity contribution is 6.07. The van der Waals surface area contributed by atoms with Gasteiger partial charge in [-0.05, 0) is 45.2 Å². The fourth-order valence-electron chi connectivity index (χ4n) is 3.95. The molecule has 7 nitrogen and oxygen atoms in total. The standard InChI is InChI=1S/C22H26N4O3/c1-4-28-22(27)18-14(2)29-21-19(18)20(24-15(3)25-21)23-11-13-26-12-7-9-16-8-5-6-10-17(16)26/h5-6,8,10H,4,7,9,11-13H2,1-3H3,(H,23,24,25). The molecule has 1 N–H and O–H groups in total. The molecule has 2 aromatic heterocycles. The van der Waals surface area contributed by atoms with Gasteiger partial charge in [-0.3, -0.25) is 0 Å². The van der Waals surface area contributed by atoms with Crippen LogP contribution in [0.15, 0.2) is 28.7 Å². The molecule has 152 valence electrons. The molecule has 0 saturated heterocycles. The summed E-state index contributed by atoms with van der Waals surface area (Å²) < 4.78 is 10.9. The van der Waals surface area contributed by atoms with Crippen LogP contribution in [0.5, 0.6) is 0 Å². The zero-order chi connectivity index (χ0) is 20.4. The van der Waals surface area contributed by atoms with E-state index in [1.807, 2.05) is 6.92 Å². The quantitative estimate of drug-likeness (QED) is 0.636. The molecule has 0 radical (unpaired) electrons. The van der Waals surface area contributed by atoms with E-state index >= 15 is 0 Å². The number of esters is 1. The van der Waals surface area contributed by atoms with Gasteiger partial charge in [-0.2, -0.15) is 4.98 Å². The van der Waals surface area contributed by atoms with Crippen molar-refractivity contribution in [2.75, 3.05) is 36.5 Å². The van der Waals surface area contributed by atoms with E-state index in [1.54, 1.807) is 13.8 Å². The number of furan rings is 1. The molecule has 3 aromatic rings. The summed E-state index contributed by atoms with van der Waals surface area (Å²) >= 11 is 0. The van der Waals surface area contributed by atoms with Crippen LogP contribution in [0.3, 0.4) is 0 Å². The van der Waals surface area contributed by atoms with E-state index < -0.39 is 5.97 Å². The van der Waals surface area contributed by atoms with E-state index in [9.17, 15) is 4.79 Å². The zero-order valence-corrected chi connectivity index (χ0v) is 17.1. The third-order valence-electron chi connectivity index (χ3n) is 5.20. The van der Waals surface area contributed by atoms with Gasteiger partial charge >= 0.3 is 5.97 Å². The van der Waals surface area contributed by atoms with E-state index in [0.29, 0.717) is 47.2 Å². The van der Waals surface area contributed by atoms with Gasteiger partial charge in [0, 0.05) is 25.3 Å². The number of carbonyl (C=O) groups is 1. The van der Waals surface area contributed by atoms with Gasteiger partial charge in [-0.15, -0.1) is 0 Å². The Bertz CT molecular complexity index is 1040. The highest BCUT2D eigenvalue weighted by atomic mass is 16.5. The third kappa shape index (κ3) is 3.77. The molecule has 0 saturated carbocycles. The number of benzene rings is 1. The van der Waals surface area contributed by atoms with Gasteiger partial charge in [-0.25, -0.2) is 9.78 Å². The number of hydrogen-bond donors (Lipinski definition) is 1. The largest absolute Gasteiger partial charge is 0.462 e. The molecule has 0 unspecified atom stereocenters. The van der Waals surface area contributed by atoms with Crippen molar-refractivity contribution in [3.05, 3.63) is 47.0 Å². The second kappa shape index (κ2) is 8.11. The Hall–Kier alpha value is -3.09. The summed E-state index contributed by atoms with van der Waals surface area (Å²) in [4.78, 5) is 23.7. The molecule has 0 aliphatic carbocycles. The van der Waals surface area contributed by atoms with Gasteiger partial charge in [0.2, 0.25) is 5.71 Å². The van der Waals surface area contributed by atoms with E-state index in [2.05, 4.69) is 44.5 Å². The summed E-state index contributed by atoms with van der Waals surface area (Å²) in [6.07, 6.45) is 2.28. The van der Waals surface area contributed by atoms with Gasteiger partial charge < -0.3 is 19.4 Å². The Morgan fingerprint density at radius 1 is 1.28 bits per heavy atom. The average Bonchev–Trinajstić information content (AvgIpc) is 3.04. The molecular formula is C22H26N4O3. The Kier molecular flexibility index (Phi) is 5.38. The van der Waals surface area contributed by atoms with Crippen molar-refractivity contribution >= 4 is 28.6 Å². The minimum atomic E-state index is -0.413. The van der Waals surface area contributed by atoms with Gasteiger partial charge in [0.05, 0.1) is 12.0 Å². The first-order chi connectivity index (χ1) is 14.1. The molecular weight excluding hydrogens is 368 g/mol. The second-order valence-corrected chi connectivity index (χ2v) is 7.20. The SMILES string of the molecule is CCOC(=O)c1c(C)oc2nc(C)nc(NCCN3CCCc4ccccc43)c12. The van der Waals surface area contributed by atoms with E-state index in [-0.39, 0.29) is 0 Å². The van der Waals surface area contributed by atoms with Crippen LogP contribution in [-0.4, -0.2) is 42.2 Å². The normalized spacial score (nSPS) is 13.4. The van der Waals surface area contributed by atoms with Crippen LogP contribution in [0.25, 0.3) is 11.1 Å². The number of carbonyl (C=O) groups excluding carboxylic acids is 1. The molecule has 4 rings (SSSR count). The van der Waals surface area contributed by atoms with Crippen molar-refractivity contribution < 1.29 is 13.9 Å². The molecule has 0 amide bonds. The van der Waals surface area contributed by atoms with E-state index in [0.717, 1.165) is 25.9 Å². The first-order valence-corrected chi connectivity index (χ1v) is 10.1. The van der Waals surface area contributed by atoms with Crippen molar-refractivity contribution in [2.24, 2.45) is 0 Å². The highest BCUT2D eigenvalue weighted by Crippen LogP contribution is 2.31. The number of rotatable bonds is 6. The number of para-hydroxylation sites is 1. The number of anilines is 2. The minimum absolute atomic E-state index is 0.300. The molecule has 3 heterocycles. The summed E-state index contributed by atoms with van der Waals surface area (Å²) in [5.41, 5.74) is 3.50. The summed E-state index contributed by atoms with van der Waals surface area (Å²) in [6, 6.07) is 8.56. The van der Waals surface area contributed by atoms with E-state index in [1.165, 1.54) is 11.3 Å². The highest BCUT2D eigenvalue weighted by Gasteiger charge is 2.24. The first kappa shape index (κ1) is 19.2. The molecule has 7 heteroatoms. The van der Waals surface area contributed by atoms with Crippen LogP contribution in [0.4, 0.5) is 11.5 Å². The van der Waals surface area contributed by atoms with Crippen molar-refractivity contribution in [3.8, 4) is 0 Å². The van der Waals surface area contributed by atoms with Gasteiger partial charge in [0.25, 0.3) is 0 Å². The predicted molar refractivity (Wildman–Crippen MR) is 113 cm³/mol. The third-order valence-corrected chi connectivity index (χ3v) is 5.20. The molecule has 0 fully saturated rings. The Labute approximate surface area is 170 Å². The number of fused-ring (bicyclic) bond motifs is 2. The minimum Gasteiger partial charge on any atom is -0.462 e. The van der Waals surface area contributed by atoms with Gasteiger partial charge in [0.15, 0.2) is 0 Å². The smallest absolute Gasteiger partial charge is 0.342 e.